The highest BCUT2D eigenvalue weighted by Crippen LogP contribution is 2.24. The van der Waals surface area contributed by atoms with Crippen LogP contribution < -0.4 is 10.1 Å². The monoisotopic (exact) mass is 375 g/mol. The van der Waals surface area contributed by atoms with Gasteiger partial charge in [0.25, 0.3) is 0 Å². The van der Waals surface area contributed by atoms with Gasteiger partial charge >= 0.3 is 6.09 Å². The van der Waals surface area contributed by atoms with Gasteiger partial charge in [0.05, 0.1) is 7.11 Å². The Morgan fingerprint density at radius 1 is 1.22 bits per heavy atom. The van der Waals surface area contributed by atoms with E-state index in [4.69, 9.17) is 9.47 Å². The third-order valence-electron chi connectivity index (χ3n) is 3.07. The van der Waals surface area contributed by atoms with Gasteiger partial charge in [0.15, 0.2) is 0 Å². The number of nitrogens with one attached hydrogen (secondary N) is 1. The summed E-state index contributed by atoms with van der Waals surface area (Å²) >= 11 is 3.40. The van der Waals surface area contributed by atoms with Gasteiger partial charge in [-0.2, -0.15) is 0 Å². The molecule has 1 amide bonds. The summed E-state index contributed by atoms with van der Waals surface area (Å²) in [5, 5.41) is 2.67. The molecular weight excluding hydrogens is 358 g/mol. The second-order valence-electron chi connectivity index (χ2n) is 4.73. The number of carbonyl (C=O) groups excluding carboxylic acids is 1. The standard InChI is InChI=1S/C18H18BrNO3/c1-22-17-12-16(19)10-9-15(17)8-5-11-20-18(21)23-13-14-6-3-2-4-7-14/h2-10,12H,11,13H2,1H3,(H,20,21). The van der Waals surface area contributed by atoms with E-state index < -0.39 is 6.09 Å². The zero-order valence-electron chi connectivity index (χ0n) is 12.8. The maximum atomic E-state index is 11.6. The topological polar surface area (TPSA) is 47.6 Å². The molecule has 2 aromatic rings. The van der Waals surface area contributed by atoms with Gasteiger partial charge in [-0.25, -0.2) is 4.79 Å². The fourth-order valence-electron chi connectivity index (χ4n) is 1.92. The lowest BCUT2D eigenvalue weighted by Crippen LogP contribution is -2.24. The summed E-state index contributed by atoms with van der Waals surface area (Å²) in [6, 6.07) is 15.3. The van der Waals surface area contributed by atoms with Gasteiger partial charge < -0.3 is 14.8 Å². The third-order valence-corrected chi connectivity index (χ3v) is 3.56. The Balaban J connectivity index is 1.77. The zero-order chi connectivity index (χ0) is 16.5. The molecule has 0 saturated carbocycles. The SMILES string of the molecule is COc1cc(Br)ccc1C=CCNC(=O)OCc1ccccc1. The lowest BCUT2D eigenvalue weighted by Gasteiger charge is -2.06. The lowest BCUT2D eigenvalue weighted by molar-refractivity contribution is 0.141. The molecule has 23 heavy (non-hydrogen) atoms. The normalized spacial score (nSPS) is 10.5. The van der Waals surface area contributed by atoms with Crippen molar-refractivity contribution in [1.82, 2.24) is 5.32 Å². The highest BCUT2D eigenvalue weighted by molar-refractivity contribution is 9.10. The first-order valence-corrected chi connectivity index (χ1v) is 7.93. The first-order valence-electron chi connectivity index (χ1n) is 7.13. The molecule has 0 radical (unpaired) electrons. The summed E-state index contributed by atoms with van der Waals surface area (Å²) in [5.74, 6) is 0.766. The van der Waals surface area contributed by atoms with Crippen molar-refractivity contribution in [2.45, 2.75) is 6.61 Å². The molecule has 5 heteroatoms. The maximum absolute atomic E-state index is 11.6. The number of hydrogen-bond acceptors (Lipinski definition) is 3. The summed E-state index contributed by atoms with van der Waals surface area (Å²) in [4.78, 5) is 11.6. The molecule has 0 aromatic heterocycles. The van der Waals surface area contributed by atoms with Crippen LogP contribution in [0.15, 0.2) is 59.1 Å². The second-order valence-corrected chi connectivity index (χ2v) is 5.65. The summed E-state index contributed by atoms with van der Waals surface area (Å²) in [6.07, 6.45) is 3.29. The van der Waals surface area contributed by atoms with Crippen LogP contribution in [0.3, 0.4) is 0 Å². The minimum absolute atomic E-state index is 0.261. The van der Waals surface area contributed by atoms with Crippen LogP contribution in [0.25, 0.3) is 6.08 Å². The molecule has 0 fully saturated rings. The molecule has 0 aliphatic rings. The van der Waals surface area contributed by atoms with E-state index >= 15 is 0 Å². The number of benzene rings is 2. The number of carbonyl (C=O) groups is 1. The summed E-state index contributed by atoms with van der Waals surface area (Å²) in [6.45, 7) is 0.643. The molecule has 0 aliphatic carbocycles. The molecule has 0 aliphatic heterocycles. The minimum atomic E-state index is -0.443. The number of amides is 1. The molecule has 0 unspecified atom stereocenters. The van der Waals surface area contributed by atoms with Gasteiger partial charge in [-0.1, -0.05) is 64.5 Å². The van der Waals surface area contributed by atoms with Gasteiger partial charge in [0, 0.05) is 16.6 Å². The van der Waals surface area contributed by atoms with Gasteiger partial charge in [-0.05, 0) is 17.7 Å². The second kappa shape index (κ2) is 9.00. The van der Waals surface area contributed by atoms with Crippen LogP contribution in [-0.2, 0) is 11.3 Å². The fraction of sp³-hybridized carbons (Fsp3) is 0.167. The molecule has 0 heterocycles. The minimum Gasteiger partial charge on any atom is -0.496 e. The molecule has 0 bridgehead atoms. The van der Waals surface area contributed by atoms with Gasteiger partial charge in [-0.15, -0.1) is 0 Å². The third kappa shape index (κ3) is 5.79. The Hall–Kier alpha value is -2.27. The van der Waals surface area contributed by atoms with E-state index in [0.29, 0.717) is 6.54 Å². The van der Waals surface area contributed by atoms with Crippen molar-refractivity contribution in [2.75, 3.05) is 13.7 Å². The van der Waals surface area contributed by atoms with Crippen molar-refractivity contribution < 1.29 is 14.3 Å². The first kappa shape index (κ1) is 17.1. The van der Waals surface area contributed by atoms with E-state index in [-0.39, 0.29) is 6.61 Å². The first-order chi connectivity index (χ1) is 11.2. The summed E-state index contributed by atoms with van der Waals surface area (Å²) in [5.41, 5.74) is 1.90. The average molecular weight is 376 g/mol. The van der Waals surface area contributed by atoms with Crippen molar-refractivity contribution in [3.05, 3.63) is 70.2 Å². The maximum Gasteiger partial charge on any atom is 0.407 e. The van der Waals surface area contributed by atoms with Crippen molar-refractivity contribution in [1.29, 1.82) is 0 Å². The Morgan fingerprint density at radius 3 is 2.74 bits per heavy atom. The molecular formula is C18H18BrNO3. The molecule has 0 spiro atoms. The van der Waals surface area contributed by atoms with Gasteiger partial charge in [0.2, 0.25) is 0 Å². The predicted molar refractivity (Wildman–Crippen MR) is 94.4 cm³/mol. The number of halogens is 1. The highest BCUT2D eigenvalue weighted by atomic mass is 79.9. The smallest absolute Gasteiger partial charge is 0.407 e. The Bertz CT molecular complexity index is 671. The number of alkyl carbamates (subject to hydrolysis) is 1. The van der Waals surface area contributed by atoms with Crippen molar-refractivity contribution in [3.63, 3.8) is 0 Å². The number of ether oxygens (including phenoxy) is 2. The summed E-state index contributed by atoms with van der Waals surface area (Å²) < 4.78 is 11.4. The van der Waals surface area contributed by atoms with E-state index in [1.165, 1.54) is 0 Å². The van der Waals surface area contributed by atoms with Crippen LogP contribution in [0.1, 0.15) is 11.1 Å². The lowest BCUT2D eigenvalue weighted by atomic mass is 10.2. The fourth-order valence-corrected chi connectivity index (χ4v) is 2.27. The Labute approximate surface area is 144 Å². The van der Waals surface area contributed by atoms with E-state index in [1.54, 1.807) is 7.11 Å². The van der Waals surface area contributed by atoms with Gasteiger partial charge in [-0.3, -0.25) is 0 Å². The number of hydrogen-bond donors (Lipinski definition) is 1. The number of rotatable bonds is 6. The molecule has 2 rings (SSSR count). The number of methoxy groups -OCH3 is 1. The van der Waals surface area contributed by atoms with E-state index in [9.17, 15) is 4.79 Å². The zero-order valence-corrected chi connectivity index (χ0v) is 14.4. The van der Waals surface area contributed by atoms with Crippen molar-refractivity contribution in [2.24, 2.45) is 0 Å². The van der Waals surface area contributed by atoms with Crippen LogP contribution >= 0.6 is 15.9 Å². The van der Waals surface area contributed by atoms with E-state index in [2.05, 4.69) is 21.2 Å². The van der Waals surface area contributed by atoms with Crippen LogP contribution in [0.5, 0.6) is 5.75 Å². The van der Waals surface area contributed by atoms with Crippen LogP contribution in [0.4, 0.5) is 4.79 Å². The van der Waals surface area contributed by atoms with Crippen LogP contribution in [0, 0.1) is 0 Å². The van der Waals surface area contributed by atoms with Crippen molar-refractivity contribution in [3.8, 4) is 5.75 Å². The van der Waals surface area contributed by atoms with Crippen LogP contribution in [-0.4, -0.2) is 19.7 Å². The Morgan fingerprint density at radius 2 is 2.00 bits per heavy atom. The van der Waals surface area contributed by atoms with Crippen LogP contribution in [0.2, 0.25) is 0 Å². The molecule has 1 N–H and O–H groups in total. The molecule has 2 aromatic carbocycles. The quantitative estimate of drug-likeness (QED) is 0.813. The highest BCUT2D eigenvalue weighted by Gasteiger charge is 2.02. The van der Waals surface area contributed by atoms with Gasteiger partial charge in [0.1, 0.15) is 12.4 Å². The summed E-state index contributed by atoms with van der Waals surface area (Å²) in [7, 11) is 1.62. The van der Waals surface area contributed by atoms with E-state index in [1.807, 2.05) is 60.7 Å². The van der Waals surface area contributed by atoms with E-state index in [0.717, 1.165) is 21.3 Å². The average Bonchev–Trinajstić information content (AvgIpc) is 2.58. The molecule has 0 atom stereocenters. The predicted octanol–water partition coefficient (Wildman–Crippen LogP) is 4.40. The molecule has 0 saturated heterocycles. The van der Waals surface area contributed by atoms with Crippen molar-refractivity contribution >= 4 is 28.1 Å². The molecule has 120 valence electrons. The Kier molecular flexibility index (Phi) is 6.69. The largest absolute Gasteiger partial charge is 0.496 e. The molecule has 4 nitrogen and oxygen atoms in total.